The van der Waals surface area contributed by atoms with E-state index >= 15 is 0 Å². The van der Waals surface area contributed by atoms with Gasteiger partial charge < -0.3 is 16.2 Å². The minimum atomic E-state index is -0.115. The maximum Gasteiger partial charge on any atom is 0.251 e. The van der Waals surface area contributed by atoms with Gasteiger partial charge in [-0.2, -0.15) is 0 Å². The minimum Gasteiger partial charge on any atom is -0.508 e. The first-order valence-electron chi connectivity index (χ1n) is 7.32. The highest BCUT2D eigenvalue weighted by molar-refractivity contribution is 5.94. The number of nitrogens with zero attached hydrogens (tertiary/aromatic N) is 1. The number of nitrogens with two attached hydrogens (primary N) is 1. The van der Waals surface area contributed by atoms with Gasteiger partial charge in [-0.1, -0.05) is 12.1 Å². The molecule has 0 unspecified atom stereocenters. The second kappa shape index (κ2) is 7.56. The number of rotatable bonds is 6. The highest BCUT2D eigenvalue weighted by Gasteiger charge is 2.10. The van der Waals surface area contributed by atoms with Crippen LogP contribution in [0, 0.1) is 0 Å². The Bertz CT molecular complexity index is 626. The third-order valence-corrected chi connectivity index (χ3v) is 3.47. The third kappa shape index (κ3) is 4.56. The Morgan fingerprint density at radius 3 is 2.73 bits per heavy atom. The second-order valence-corrected chi connectivity index (χ2v) is 5.32. The molecule has 0 bridgehead atoms. The van der Waals surface area contributed by atoms with Crippen molar-refractivity contribution in [1.29, 1.82) is 0 Å². The molecule has 5 nitrogen and oxygen atoms in total. The second-order valence-electron chi connectivity index (χ2n) is 5.32. The molecule has 1 aromatic carbocycles. The average molecular weight is 299 g/mol. The third-order valence-electron chi connectivity index (χ3n) is 3.47. The summed E-state index contributed by atoms with van der Waals surface area (Å²) in [5.41, 5.74) is 7.94. The van der Waals surface area contributed by atoms with Gasteiger partial charge in [0.05, 0.1) is 5.69 Å². The summed E-state index contributed by atoms with van der Waals surface area (Å²) in [7, 11) is 0. The zero-order valence-corrected chi connectivity index (χ0v) is 12.6. The SMILES string of the molecule is C[C@@H](CCc1ccc(O)cc1)NC(=O)c1ccnc(CN)c1. The Kier molecular flexibility index (Phi) is 5.49. The molecular formula is C17H21N3O2. The Hall–Kier alpha value is -2.40. The molecule has 1 amide bonds. The lowest BCUT2D eigenvalue weighted by molar-refractivity contribution is 0.0938. The number of carbonyl (C=O) groups excluding carboxylic acids is 1. The van der Waals surface area contributed by atoms with Crippen LogP contribution in [0.25, 0.3) is 0 Å². The molecule has 0 saturated heterocycles. The first-order chi connectivity index (χ1) is 10.6. The van der Waals surface area contributed by atoms with Crippen LogP contribution in [0.15, 0.2) is 42.6 Å². The Morgan fingerprint density at radius 2 is 2.05 bits per heavy atom. The molecule has 1 heterocycles. The van der Waals surface area contributed by atoms with E-state index in [1.165, 1.54) is 0 Å². The van der Waals surface area contributed by atoms with Crippen LogP contribution in [0.2, 0.25) is 0 Å². The predicted molar refractivity (Wildman–Crippen MR) is 85.5 cm³/mol. The van der Waals surface area contributed by atoms with Gasteiger partial charge in [0.25, 0.3) is 5.91 Å². The summed E-state index contributed by atoms with van der Waals surface area (Å²) in [4.78, 5) is 16.2. The van der Waals surface area contributed by atoms with E-state index in [1.807, 2.05) is 19.1 Å². The molecule has 0 aliphatic carbocycles. The predicted octanol–water partition coefficient (Wildman–Crippen LogP) is 2.00. The molecule has 116 valence electrons. The summed E-state index contributed by atoms with van der Waals surface area (Å²) in [6.07, 6.45) is 3.26. The van der Waals surface area contributed by atoms with Crippen LogP contribution in [0.5, 0.6) is 5.75 Å². The fraction of sp³-hybridized carbons (Fsp3) is 0.294. The van der Waals surface area contributed by atoms with Crippen molar-refractivity contribution < 1.29 is 9.90 Å². The number of aromatic nitrogens is 1. The maximum atomic E-state index is 12.2. The zero-order valence-electron chi connectivity index (χ0n) is 12.6. The molecule has 0 fully saturated rings. The average Bonchev–Trinajstić information content (AvgIpc) is 2.54. The van der Waals surface area contributed by atoms with E-state index in [4.69, 9.17) is 5.73 Å². The molecule has 0 saturated carbocycles. The van der Waals surface area contributed by atoms with Crippen molar-refractivity contribution in [3.05, 3.63) is 59.4 Å². The Labute approximate surface area is 130 Å². The fourth-order valence-electron chi connectivity index (χ4n) is 2.16. The molecule has 2 aromatic rings. The van der Waals surface area contributed by atoms with Crippen molar-refractivity contribution in [2.24, 2.45) is 5.73 Å². The molecular weight excluding hydrogens is 278 g/mol. The van der Waals surface area contributed by atoms with Gasteiger partial charge in [0.15, 0.2) is 0 Å². The van der Waals surface area contributed by atoms with Crippen molar-refractivity contribution in [3.8, 4) is 5.75 Å². The summed E-state index contributed by atoms with van der Waals surface area (Å²) in [5.74, 6) is 0.147. The standard InChI is InChI=1S/C17H21N3O2/c1-12(2-3-13-4-6-16(21)7-5-13)20-17(22)14-8-9-19-15(10-14)11-18/h4-10,12,21H,2-3,11,18H2,1H3,(H,20,22)/t12-/m0/s1. The number of phenolic OH excluding ortho intramolecular Hbond substituents is 1. The van der Waals surface area contributed by atoms with E-state index in [1.54, 1.807) is 30.5 Å². The topological polar surface area (TPSA) is 88.2 Å². The van der Waals surface area contributed by atoms with Gasteiger partial charge in [0.1, 0.15) is 5.75 Å². The summed E-state index contributed by atoms with van der Waals surface area (Å²) in [6, 6.07) is 10.6. The Balaban J connectivity index is 1.86. The van der Waals surface area contributed by atoms with Crippen LogP contribution in [0.4, 0.5) is 0 Å². The van der Waals surface area contributed by atoms with Crippen LogP contribution in [0.3, 0.4) is 0 Å². The summed E-state index contributed by atoms with van der Waals surface area (Å²) >= 11 is 0. The summed E-state index contributed by atoms with van der Waals surface area (Å²) in [5, 5.41) is 12.2. The van der Waals surface area contributed by atoms with Gasteiger partial charge in [0, 0.05) is 24.3 Å². The number of benzene rings is 1. The van der Waals surface area contributed by atoms with Crippen molar-refractivity contribution in [3.63, 3.8) is 0 Å². The normalized spacial score (nSPS) is 11.9. The van der Waals surface area contributed by atoms with Crippen molar-refractivity contribution >= 4 is 5.91 Å². The number of pyridine rings is 1. The molecule has 1 aromatic heterocycles. The molecule has 0 aliphatic heterocycles. The van der Waals surface area contributed by atoms with Gasteiger partial charge in [0.2, 0.25) is 0 Å². The molecule has 4 N–H and O–H groups in total. The van der Waals surface area contributed by atoms with Gasteiger partial charge in [-0.05, 0) is 49.6 Å². The highest BCUT2D eigenvalue weighted by atomic mass is 16.3. The highest BCUT2D eigenvalue weighted by Crippen LogP contribution is 2.12. The molecule has 0 aliphatic rings. The first-order valence-corrected chi connectivity index (χ1v) is 7.32. The lowest BCUT2D eigenvalue weighted by Crippen LogP contribution is -2.33. The van der Waals surface area contributed by atoms with E-state index in [-0.39, 0.29) is 17.7 Å². The van der Waals surface area contributed by atoms with Crippen molar-refractivity contribution in [2.75, 3.05) is 0 Å². The monoisotopic (exact) mass is 299 g/mol. The largest absolute Gasteiger partial charge is 0.508 e. The molecule has 5 heteroatoms. The number of hydrogen-bond donors (Lipinski definition) is 3. The molecule has 0 spiro atoms. The van der Waals surface area contributed by atoms with Gasteiger partial charge in [-0.15, -0.1) is 0 Å². The lowest BCUT2D eigenvalue weighted by Gasteiger charge is -2.14. The summed E-state index contributed by atoms with van der Waals surface area (Å²) in [6.45, 7) is 2.29. The molecule has 1 atom stereocenters. The number of hydrogen-bond acceptors (Lipinski definition) is 4. The molecule has 2 rings (SSSR count). The van der Waals surface area contributed by atoms with Crippen molar-refractivity contribution in [2.45, 2.75) is 32.4 Å². The minimum absolute atomic E-state index is 0.0517. The number of amides is 1. The lowest BCUT2D eigenvalue weighted by atomic mass is 10.1. The number of phenols is 1. The van der Waals surface area contributed by atoms with Gasteiger partial charge in [-0.3, -0.25) is 9.78 Å². The molecule has 22 heavy (non-hydrogen) atoms. The molecule has 0 radical (unpaired) electrons. The summed E-state index contributed by atoms with van der Waals surface area (Å²) < 4.78 is 0. The van der Waals surface area contributed by atoms with Crippen LogP contribution in [-0.2, 0) is 13.0 Å². The van der Waals surface area contributed by atoms with E-state index in [0.29, 0.717) is 17.8 Å². The van der Waals surface area contributed by atoms with Gasteiger partial charge in [-0.25, -0.2) is 0 Å². The smallest absolute Gasteiger partial charge is 0.251 e. The van der Waals surface area contributed by atoms with E-state index in [9.17, 15) is 9.90 Å². The number of aryl methyl sites for hydroxylation is 1. The first kappa shape index (κ1) is 16.0. The fourth-order valence-corrected chi connectivity index (χ4v) is 2.16. The van der Waals surface area contributed by atoms with Gasteiger partial charge >= 0.3 is 0 Å². The van der Waals surface area contributed by atoms with E-state index < -0.39 is 0 Å². The van der Waals surface area contributed by atoms with Crippen molar-refractivity contribution in [1.82, 2.24) is 10.3 Å². The number of carbonyl (C=O) groups is 1. The van der Waals surface area contributed by atoms with Crippen LogP contribution in [0.1, 0.15) is 35.0 Å². The zero-order chi connectivity index (χ0) is 15.9. The quantitative estimate of drug-likeness (QED) is 0.761. The number of aromatic hydroxyl groups is 1. The van der Waals surface area contributed by atoms with E-state index in [2.05, 4.69) is 10.3 Å². The van der Waals surface area contributed by atoms with Crippen LogP contribution < -0.4 is 11.1 Å². The van der Waals surface area contributed by atoms with E-state index in [0.717, 1.165) is 18.4 Å². The Morgan fingerprint density at radius 1 is 1.32 bits per heavy atom. The number of nitrogens with one attached hydrogen (secondary N) is 1. The van der Waals surface area contributed by atoms with Crippen LogP contribution in [-0.4, -0.2) is 22.0 Å². The van der Waals surface area contributed by atoms with Crippen LogP contribution >= 0.6 is 0 Å². The maximum absolute atomic E-state index is 12.2.